The number of nitrogens with zero attached hydrogens (tertiary/aromatic N) is 3. The minimum atomic E-state index is -5.35. The van der Waals surface area contributed by atoms with Crippen LogP contribution in [0.3, 0.4) is 0 Å². The largest absolute Gasteiger partial charge is 0.481 e. The lowest BCUT2D eigenvalue weighted by Gasteiger charge is -2.30. The first-order valence-electron chi connectivity index (χ1n) is 8.82. The fraction of sp³-hybridized carbons (Fsp3) is 0.692. The molecule has 1 unspecified atom stereocenters. The highest BCUT2D eigenvalue weighted by molar-refractivity contribution is 7.60. The summed E-state index contributed by atoms with van der Waals surface area (Å²) in [6, 6.07) is 1.05. The summed E-state index contributed by atoms with van der Waals surface area (Å²) in [6.07, 6.45) is -5.33. The third kappa shape index (κ3) is 5.69. The van der Waals surface area contributed by atoms with Crippen LogP contribution in [0.25, 0.3) is 0 Å². The van der Waals surface area contributed by atoms with E-state index in [4.69, 9.17) is 19.3 Å². The molecule has 3 rings (SSSR count). The van der Waals surface area contributed by atoms with E-state index < -0.39 is 58.0 Å². The number of aliphatic hydroxyl groups excluding tert-OH is 2. The van der Waals surface area contributed by atoms with Gasteiger partial charge < -0.3 is 39.4 Å². The second-order valence-corrected chi connectivity index (χ2v) is 9.43. The molecule has 0 radical (unpaired) electrons. The number of rotatable bonds is 7. The molecule has 1 aromatic heterocycles. The molecule has 0 saturated carbocycles. The van der Waals surface area contributed by atoms with E-state index in [-0.39, 0.29) is 13.1 Å². The molecular formula is C13H21N3O13P2. The maximum atomic E-state index is 12.9. The van der Waals surface area contributed by atoms with Crippen LogP contribution >= 0.6 is 15.6 Å². The number of phosphoric acid groups is 2. The Kier molecular flexibility index (Phi) is 7.20. The van der Waals surface area contributed by atoms with E-state index in [9.17, 15) is 33.8 Å². The molecule has 5 atom stereocenters. The van der Waals surface area contributed by atoms with E-state index in [1.54, 1.807) is 0 Å². The van der Waals surface area contributed by atoms with Crippen LogP contribution in [0.5, 0.6) is 0 Å². The summed E-state index contributed by atoms with van der Waals surface area (Å²) in [5.74, 6) is 0. The molecule has 2 saturated heterocycles. The predicted molar refractivity (Wildman–Crippen MR) is 98.6 cm³/mol. The second-order valence-electron chi connectivity index (χ2n) is 6.60. The average Bonchev–Trinajstić information content (AvgIpc) is 2.94. The minimum absolute atomic E-state index is 0.262. The van der Waals surface area contributed by atoms with Gasteiger partial charge in [-0.1, -0.05) is 0 Å². The Morgan fingerprint density at radius 3 is 2.35 bits per heavy atom. The molecule has 1 aromatic rings. The van der Waals surface area contributed by atoms with Crippen molar-refractivity contribution in [3.8, 4) is 0 Å². The number of aliphatic hydroxyl groups is 2. The van der Waals surface area contributed by atoms with E-state index in [1.807, 2.05) is 0 Å². The Morgan fingerprint density at radius 1 is 1.10 bits per heavy atom. The van der Waals surface area contributed by atoms with Crippen molar-refractivity contribution < 1.29 is 52.3 Å². The molecule has 2 aliphatic rings. The second kappa shape index (κ2) is 9.21. The molecule has 0 spiro atoms. The molecule has 0 aromatic carbocycles. The van der Waals surface area contributed by atoms with Crippen molar-refractivity contribution in [2.24, 2.45) is 0 Å². The third-order valence-corrected chi connectivity index (χ3v) is 6.63. The van der Waals surface area contributed by atoms with Crippen molar-refractivity contribution in [3.63, 3.8) is 0 Å². The topological polar surface area (TPSA) is 219 Å². The van der Waals surface area contributed by atoms with Crippen LogP contribution in [0.4, 0.5) is 0 Å². The van der Waals surface area contributed by atoms with Crippen LogP contribution in [0, 0.1) is 0 Å². The highest BCUT2D eigenvalue weighted by atomic mass is 31.3. The Morgan fingerprint density at radius 2 is 1.74 bits per heavy atom. The highest BCUT2D eigenvalue weighted by Crippen LogP contribution is 2.57. The summed E-state index contributed by atoms with van der Waals surface area (Å²) in [5, 5.41) is 21.9. The normalized spacial score (nSPS) is 29.1. The van der Waals surface area contributed by atoms with Gasteiger partial charge in [0.1, 0.15) is 18.3 Å². The molecule has 0 amide bonds. The summed E-state index contributed by atoms with van der Waals surface area (Å²) in [7, 11) is -10.6. The molecule has 18 heteroatoms. The van der Waals surface area contributed by atoms with Gasteiger partial charge in [-0.05, 0) is 0 Å². The zero-order valence-corrected chi connectivity index (χ0v) is 17.5. The van der Waals surface area contributed by atoms with Gasteiger partial charge in [-0.25, -0.2) is 13.9 Å². The molecule has 0 aliphatic carbocycles. The Balaban J connectivity index is 1.78. The van der Waals surface area contributed by atoms with Gasteiger partial charge in [-0.2, -0.15) is 8.99 Å². The Bertz CT molecular complexity index is 999. The van der Waals surface area contributed by atoms with E-state index in [1.165, 1.54) is 5.01 Å². The predicted octanol–water partition coefficient (Wildman–Crippen LogP) is -3.18. The van der Waals surface area contributed by atoms with Crippen LogP contribution in [0.1, 0.15) is 6.23 Å². The van der Waals surface area contributed by atoms with Gasteiger partial charge in [0, 0.05) is 12.3 Å². The number of hydrogen-bond acceptors (Lipinski definition) is 11. The Labute approximate surface area is 173 Å². The first-order valence-corrected chi connectivity index (χ1v) is 11.9. The number of ether oxygens (including phenoxy) is 2. The maximum Gasteiger partial charge on any atom is 0.481 e. The SMILES string of the molecule is O=c1ccn([C@@H]2O[C@H](COP(=O)(O)OP(=O)(O)O)[C@@H](O)[C@H]2O)c(=O)n1N1CCOCC1. The zero-order chi connectivity index (χ0) is 23.0. The van der Waals surface area contributed by atoms with Crippen molar-refractivity contribution in [3.05, 3.63) is 33.1 Å². The Hall–Kier alpha value is -1.42. The maximum absolute atomic E-state index is 12.9. The summed E-state index contributed by atoms with van der Waals surface area (Å²) >= 11 is 0. The van der Waals surface area contributed by atoms with Crippen molar-refractivity contribution in [2.45, 2.75) is 24.5 Å². The van der Waals surface area contributed by atoms with Gasteiger partial charge in [0.25, 0.3) is 5.56 Å². The lowest BCUT2D eigenvalue weighted by Crippen LogP contribution is -2.56. The first kappa shape index (κ1) is 24.2. The molecule has 5 N–H and O–H groups in total. The highest BCUT2D eigenvalue weighted by Gasteiger charge is 2.46. The van der Waals surface area contributed by atoms with Crippen LogP contribution in [-0.4, -0.2) is 85.4 Å². The summed E-state index contributed by atoms with van der Waals surface area (Å²) < 4.78 is 42.5. The lowest BCUT2D eigenvalue weighted by molar-refractivity contribution is -0.0549. The average molecular weight is 489 g/mol. The molecule has 16 nitrogen and oxygen atoms in total. The molecule has 2 aliphatic heterocycles. The van der Waals surface area contributed by atoms with Gasteiger partial charge in [0.2, 0.25) is 0 Å². The van der Waals surface area contributed by atoms with E-state index in [0.717, 1.165) is 21.5 Å². The van der Waals surface area contributed by atoms with Gasteiger partial charge >= 0.3 is 21.3 Å². The van der Waals surface area contributed by atoms with E-state index in [0.29, 0.717) is 13.2 Å². The zero-order valence-electron chi connectivity index (χ0n) is 15.7. The van der Waals surface area contributed by atoms with Crippen molar-refractivity contribution in [1.82, 2.24) is 9.24 Å². The van der Waals surface area contributed by atoms with Gasteiger partial charge in [0.15, 0.2) is 6.23 Å². The molecular weight excluding hydrogens is 468 g/mol. The van der Waals surface area contributed by atoms with Gasteiger partial charge in [-0.3, -0.25) is 13.9 Å². The molecule has 31 heavy (non-hydrogen) atoms. The van der Waals surface area contributed by atoms with E-state index in [2.05, 4.69) is 8.83 Å². The third-order valence-electron chi connectivity index (χ3n) is 4.48. The summed E-state index contributed by atoms with van der Waals surface area (Å²) in [5.41, 5.74) is -1.50. The van der Waals surface area contributed by atoms with Crippen LogP contribution < -0.4 is 16.3 Å². The van der Waals surface area contributed by atoms with E-state index >= 15 is 0 Å². The molecule has 176 valence electrons. The number of morpholine rings is 1. The standard InChI is InChI=1S/C13H21N3O13P2/c17-9-1-2-15(13(20)16(9)14-3-5-26-6-4-14)12-11(19)10(18)8(28-12)7-27-31(24,25)29-30(21,22)23/h1-2,8,10-12,18-19H,3-7H2,(H,24,25)(H2,21,22,23)/t8-,10-,11-,12-/m1/s1. The fourth-order valence-electron chi connectivity index (χ4n) is 3.11. The van der Waals surface area contributed by atoms with Gasteiger partial charge in [-0.15, -0.1) is 0 Å². The van der Waals surface area contributed by atoms with Crippen molar-refractivity contribution in [2.75, 3.05) is 37.9 Å². The first-order chi connectivity index (χ1) is 14.4. The molecule has 3 heterocycles. The molecule has 0 bridgehead atoms. The van der Waals surface area contributed by atoms with Crippen LogP contribution in [0.15, 0.2) is 21.9 Å². The minimum Gasteiger partial charge on any atom is -0.387 e. The summed E-state index contributed by atoms with van der Waals surface area (Å²) in [4.78, 5) is 51.6. The number of hydrogen-bond donors (Lipinski definition) is 5. The quantitative estimate of drug-likeness (QED) is 0.239. The van der Waals surface area contributed by atoms with Crippen molar-refractivity contribution in [1.29, 1.82) is 0 Å². The molecule has 2 fully saturated rings. The summed E-state index contributed by atoms with van der Waals surface area (Å²) in [6.45, 7) is 0.189. The number of aromatic nitrogens is 2. The lowest BCUT2D eigenvalue weighted by atomic mass is 10.1. The van der Waals surface area contributed by atoms with Crippen LogP contribution in [0.2, 0.25) is 0 Å². The van der Waals surface area contributed by atoms with Crippen molar-refractivity contribution >= 4 is 15.6 Å². The fourth-order valence-corrected chi connectivity index (χ4v) is 4.71. The number of phosphoric ester groups is 1. The van der Waals surface area contributed by atoms with Gasteiger partial charge in [0.05, 0.1) is 32.9 Å². The van der Waals surface area contributed by atoms with Crippen LogP contribution in [-0.2, 0) is 27.4 Å². The monoisotopic (exact) mass is 489 g/mol. The smallest absolute Gasteiger partial charge is 0.387 e.